The number of aromatic nitrogens is 3. The van der Waals surface area contributed by atoms with Crippen LogP contribution in [0.25, 0.3) is 0 Å². The van der Waals surface area contributed by atoms with Crippen molar-refractivity contribution in [1.29, 1.82) is 0 Å². The van der Waals surface area contributed by atoms with Crippen molar-refractivity contribution in [2.75, 3.05) is 5.88 Å². The van der Waals surface area contributed by atoms with E-state index in [4.69, 9.17) is 11.6 Å². The Kier molecular flexibility index (Phi) is 5.40. The highest BCUT2D eigenvalue weighted by atomic mass is 79.9. The van der Waals surface area contributed by atoms with Gasteiger partial charge < -0.3 is 0 Å². The second-order valence-electron chi connectivity index (χ2n) is 4.48. The third-order valence-electron chi connectivity index (χ3n) is 3.09. The van der Waals surface area contributed by atoms with Crippen molar-refractivity contribution < 1.29 is 0 Å². The van der Waals surface area contributed by atoms with Gasteiger partial charge in [0.15, 0.2) is 0 Å². The molecule has 0 aliphatic carbocycles. The van der Waals surface area contributed by atoms with Crippen LogP contribution in [-0.2, 0) is 13.0 Å². The Labute approximate surface area is 127 Å². The van der Waals surface area contributed by atoms with E-state index in [1.54, 1.807) is 6.33 Å². The number of alkyl halides is 1. The smallest absolute Gasteiger partial charge is 0.138 e. The quantitative estimate of drug-likeness (QED) is 0.742. The van der Waals surface area contributed by atoms with Gasteiger partial charge in [-0.25, -0.2) is 4.98 Å². The molecule has 1 heterocycles. The van der Waals surface area contributed by atoms with Crippen LogP contribution < -0.4 is 0 Å². The first kappa shape index (κ1) is 14.5. The Morgan fingerprint density at radius 3 is 2.84 bits per heavy atom. The molecule has 0 spiro atoms. The zero-order chi connectivity index (χ0) is 13.7. The minimum Gasteiger partial charge on any atom is -0.250 e. The van der Waals surface area contributed by atoms with E-state index < -0.39 is 0 Å². The van der Waals surface area contributed by atoms with Crippen LogP contribution in [0.4, 0.5) is 0 Å². The molecule has 1 atom stereocenters. The lowest BCUT2D eigenvalue weighted by Gasteiger charge is -2.16. The molecular formula is C14H17BrClN3. The van der Waals surface area contributed by atoms with Crippen LogP contribution in [0.3, 0.4) is 0 Å². The minimum atomic E-state index is 0.247. The second kappa shape index (κ2) is 7.06. The molecular weight excluding hydrogens is 326 g/mol. The highest BCUT2D eigenvalue weighted by molar-refractivity contribution is 9.10. The third kappa shape index (κ3) is 3.57. The van der Waals surface area contributed by atoms with Gasteiger partial charge >= 0.3 is 0 Å². The van der Waals surface area contributed by atoms with Gasteiger partial charge in [-0.2, -0.15) is 5.10 Å². The summed E-state index contributed by atoms with van der Waals surface area (Å²) >= 11 is 9.73. The zero-order valence-corrected chi connectivity index (χ0v) is 13.2. The fourth-order valence-electron chi connectivity index (χ4n) is 2.12. The average Bonchev–Trinajstić information content (AvgIpc) is 2.85. The Morgan fingerprint density at radius 1 is 1.37 bits per heavy atom. The van der Waals surface area contributed by atoms with Gasteiger partial charge in [-0.15, -0.1) is 11.6 Å². The van der Waals surface area contributed by atoms with Crippen molar-refractivity contribution in [3.63, 3.8) is 0 Å². The van der Waals surface area contributed by atoms with Gasteiger partial charge in [-0.05, 0) is 18.1 Å². The largest absolute Gasteiger partial charge is 0.250 e. The Balaban J connectivity index is 2.19. The van der Waals surface area contributed by atoms with Crippen LogP contribution in [0.15, 0.2) is 35.1 Å². The molecule has 102 valence electrons. The summed E-state index contributed by atoms with van der Waals surface area (Å²) < 4.78 is 3.07. The lowest BCUT2D eigenvalue weighted by molar-refractivity contribution is 0.553. The van der Waals surface area contributed by atoms with Crippen molar-refractivity contribution in [2.45, 2.75) is 32.2 Å². The Morgan fingerprint density at radius 2 is 2.16 bits per heavy atom. The normalized spacial score (nSPS) is 12.6. The van der Waals surface area contributed by atoms with Crippen LogP contribution in [0.2, 0.25) is 0 Å². The number of halogens is 2. The molecule has 0 saturated carbocycles. The summed E-state index contributed by atoms with van der Waals surface area (Å²) in [7, 11) is 0. The molecule has 3 nitrogen and oxygen atoms in total. The SMILES string of the molecule is CCCn1ncnc1CC(CCl)c1ccccc1Br. The van der Waals surface area contributed by atoms with Crippen molar-refractivity contribution in [3.05, 3.63) is 46.5 Å². The molecule has 0 aliphatic rings. The molecule has 0 saturated heterocycles. The van der Waals surface area contributed by atoms with Crippen molar-refractivity contribution >= 4 is 27.5 Å². The summed E-state index contributed by atoms with van der Waals surface area (Å²) in [6, 6.07) is 8.21. The summed E-state index contributed by atoms with van der Waals surface area (Å²) in [4.78, 5) is 4.36. The van der Waals surface area contributed by atoms with E-state index in [1.165, 1.54) is 5.56 Å². The van der Waals surface area contributed by atoms with E-state index in [9.17, 15) is 0 Å². The average molecular weight is 343 g/mol. The third-order valence-corrected chi connectivity index (χ3v) is 4.19. The molecule has 0 aliphatic heterocycles. The monoisotopic (exact) mass is 341 g/mol. The number of hydrogen-bond acceptors (Lipinski definition) is 2. The van der Waals surface area contributed by atoms with Crippen molar-refractivity contribution in [2.24, 2.45) is 0 Å². The standard InChI is InChI=1S/C14H17BrClN3/c1-2-7-19-14(17-10-18-19)8-11(9-16)12-5-3-4-6-13(12)15/h3-6,10-11H,2,7-9H2,1H3. The van der Waals surface area contributed by atoms with E-state index in [0.717, 1.165) is 29.7 Å². The summed E-state index contributed by atoms with van der Waals surface area (Å²) in [5.41, 5.74) is 1.23. The van der Waals surface area contributed by atoms with Crippen molar-refractivity contribution in [1.82, 2.24) is 14.8 Å². The Bertz CT molecular complexity index is 527. The lowest BCUT2D eigenvalue weighted by atomic mass is 9.97. The fraction of sp³-hybridized carbons (Fsp3) is 0.429. The molecule has 1 aromatic carbocycles. The maximum atomic E-state index is 6.14. The molecule has 1 aromatic heterocycles. The lowest BCUT2D eigenvalue weighted by Crippen LogP contribution is -2.12. The molecule has 0 fully saturated rings. The molecule has 0 bridgehead atoms. The van der Waals surface area contributed by atoms with E-state index in [1.807, 2.05) is 22.9 Å². The van der Waals surface area contributed by atoms with Crippen LogP contribution in [0.5, 0.6) is 0 Å². The van der Waals surface area contributed by atoms with Gasteiger partial charge in [0.1, 0.15) is 12.2 Å². The highest BCUT2D eigenvalue weighted by Gasteiger charge is 2.17. The maximum absolute atomic E-state index is 6.14. The summed E-state index contributed by atoms with van der Waals surface area (Å²) in [5.74, 6) is 1.82. The van der Waals surface area contributed by atoms with E-state index >= 15 is 0 Å². The zero-order valence-electron chi connectivity index (χ0n) is 10.9. The second-order valence-corrected chi connectivity index (χ2v) is 5.64. The topological polar surface area (TPSA) is 30.7 Å². The number of hydrogen-bond donors (Lipinski definition) is 0. The van der Waals surface area contributed by atoms with Gasteiger partial charge in [0, 0.05) is 29.2 Å². The van der Waals surface area contributed by atoms with Crippen molar-refractivity contribution in [3.8, 4) is 0 Å². The number of nitrogens with zero attached hydrogens (tertiary/aromatic N) is 3. The molecule has 1 unspecified atom stereocenters. The summed E-state index contributed by atoms with van der Waals surface area (Å²) in [5, 5.41) is 4.26. The molecule has 0 N–H and O–H groups in total. The first-order valence-electron chi connectivity index (χ1n) is 6.43. The number of benzene rings is 1. The van der Waals surface area contributed by atoms with Crippen LogP contribution in [0, 0.1) is 0 Å². The van der Waals surface area contributed by atoms with E-state index in [-0.39, 0.29) is 5.92 Å². The molecule has 2 aromatic rings. The van der Waals surface area contributed by atoms with Gasteiger partial charge in [0.05, 0.1) is 0 Å². The highest BCUT2D eigenvalue weighted by Crippen LogP contribution is 2.28. The summed E-state index contributed by atoms with van der Waals surface area (Å²) in [6.07, 6.45) is 3.49. The van der Waals surface area contributed by atoms with Gasteiger partial charge in [0.2, 0.25) is 0 Å². The molecule has 19 heavy (non-hydrogen) atoms. The fourth-order valence-corrected chi connectivity index (χ4v) is 3.00. The van der Waals surface area contributed by atoms with Crippen LogP contribution in [0.1, 0.15) is 30.7 Å². The predicted octanol–water partition coefficient (Wildman–Crippen LogP) is 4.02. The van der Waals surface area contributed by atoms with Crippen LogP contribution >= 0.6 is 27.5 Å². The minimum absolute atomic E-state index is 0.247. The Hall–Kier alpha value is -0.870. The van der Waals surface area contributed by atoms with Gasteiger partial charge in [-0.3, -0.25) is 4.68 Å². The number of rotatable bonds is 6. The first-order valence-corrected chi connectivity index (χ1v) is 7.76. The molecule has 0 radical (unpaired) electrons. The molecule has 5 heteroatoms. The van der Waals surface area contributed by atoms with Gasteiger partial charge in [-0.1, -0.05) is 41.1 Å². The first-order chi connectivity index (χ1) is 9.26. The molecule has 2 rings (SSSR count). The molecule has 0 amide bonds. The van der Waals surface area contributed by atoms with E-state index in [0.29, 0.717) is 5.88 Å². The number of aryl methyl sites for hydroxylation is 1. The summed E-state index contributed by atoms with van der Waals surface area (Å²) in [6.45, 7) is 3.04. The van der Waals surface area contributed by atoms with E-state index in [2.05, 4.69) is 39.0 Å². The van der Waals surface area contributed by atoms with Crippen LogP contribution in [-0.4, -0.2) is 20.6 Å². The maximum Gasteiger partial charge on any atom is 0.138 e. The van der Waals surface area contributed by atoms with Gasteiger partial charge in [0.25, 0.3) is 0 Å². The predicted molar refractivity (Wildman–Crippen MR) is 81.6 cm³/mol.